The van der Waals surface area contributed by atoms with Gasteiger partial charge in [0, 0.05) is 25.8 Å². The molecule has 1 unspecified atom stereocenters. The second kappa shape index (κ2) is 5.65. The van der Waals surface area contributed by atoms with Gasteiger partial charge in [-0.05, 0) is 31.9 Å². The van der Waals surface area contributed by atoms with Gasteiger partial charge < -0.3 is 9.64 Å². The lowest BCUT2D eigenvalue weighted by atomic mass is 9.94. The third kappa shape index (κ3) is 3.38. The first-order valence-corrected chi connectivity index (χ1v) is 6.87. The lowest BCUT2D eigenvalue weighted by molar-refractivity contribution is -0.0440. The molecule has 0 saturated carbocycles. The summed E-state index contributed by atoms with van der Waals surface area (Å²) >= 11 is 11.7. The third-order valence-corrected chi connectivity index (χ3v) is 3.84. The van der Waals surface area contributed by atoms with Gasteiger partial charge in [-0.2, -0.15) is 0 Å². The number of piperidine rings is 1. The fourth-order valence-electron chi connectivity index (χ4n) is 2.32. The van der Waals surface area contributed by atoms with Crippen LogP contribution in [0.15, 0.2) is 12.1 Å². The first-order chi connectivity index (χ1) is 8.93. The second-order valence-corrected chi connectivity index (χ2v) is 5.76. The summed E-state index contributed by atoms with van der Waals surface area (Å²) in [5, 5.41) is 0.449. The van der Waals surface area contributed by atoms with Gasteiger partial charge in [-0.3, -0.25) is 4.79 Å². The number of methoxy groups -OCH3 is 1. The second-order valence-electron chi connectivity index (χ2n) is 4.99. The molecule has 1 fully saturated rings. The van der Waals surface area contributed by atoms with Crippen LogP contribution in [0.25, 0.3) is 0 Å². The maximum absolute atomic E-state index is 12.4. The fourth-order valence-corrected chi connectivity index (χ4v) is 2.78. The monoisotopic (exact) mass is 302 g/mol. The van der Waals surface area contributed by atoms with Crippen molar-refractivity contribution in [1.29, 1.82) is 0 Å². The first kappa shape index (κ1) is 14.6. The number of amides is 1. The maximum atomic E-state index is 12.4. The summed E-state index contributed by atoms with van der Waals surface area (Å²) in [7, 11) is 1.67. The Labute approximate surface area is 122 Å². The van der Waals surface area contributed by atoms with E-state index in [1.165, 1.54) is 12.1 Å². The summed E-state index contributed by atoms with van der Waals surface area (Å²) in [5.41, 5.74) is 0.180. The molecule has 1 aliphatic heterocycles. The van der Waals surface area contributed by atoms with Crippen LogP contribution in [-0.4, -0.2) is 41.6 Å². The Morgan fingerprint density at radius 1 is 1.42 bits per heavy atom. The van der Waals surface area contributed by atoms with Crippen LogP contribution in [0, 0.1) is 0 Å². The number of aromatic nitrogens is 1. The molecule has 0 aromatic carbocycles. The number of carbonyl (C=O) groups is 1. The van der Waals surface area contributed by atoms with Gasteiger partial charge in [0.2, 0.25) is 0 Å². The summed E-state index contributed by atoms with van der Waals surface area (Å²) in [6.07, 6.45) is 1.87. The van der Waals surface area contributed by atoms with Crippen LogP contribution in [0.3, 0.4) is 0 Å². The minimum atomic E-state index is -0.283. The van der Waals surface area contributed by atoms with Gasteiger partial charge in [0.1, 0.15) is 10.3 Å². The molecule has 1 atom stereocenters. The standard InChI is InChI=1S/C13H16Cl2N2O2/c1-13(19-2)4-3-5-17(8-13)12(18)9-6-10(14)16-11(15)7-9/h6-7H,3-5,8H2,1-2H3. The molecule has 19 heavy (non-hydrogen) atoms. The molecule has 1 aromatic heterocycles. The molecule has 0 bridgehead atoms. The van der Waals surface area contributed by atoms with Crippen molar-refractivity contribution in [1.82, 2.24) is 9.88 Å². The summed E-state index contributed by atoms with van der Waals surface area (Å²) in [4.78, 5) is 18.0. The van der Waals surface area contributed by atoms with Crippen molar-refractivity contribution in [3.63, 3.8) is 0 Å². The number of hydrogen-bond acceptors (Lipinski definition) is 3. The quantitative estimate of drug-likeness (QED) is 0.789. The third-order valence-electron chi connectivity index (χ3n) is 3.45. The highest BCUT2D eigenvalue weighted by atomic mass is 35.5. The molecule has 4 nitrogen and oxygen atoms in total. The van der Waals surface area contributed by atoms with E-state index in [1.807, 2.05) is 6.92 Å². The van der Waals surface area contributed by atoms with Gasteiger partial charge in [-0.25, -0.2) is 4.98 Å². The summed E-state index contributed by atoms with van der Waals surface area (Å²) in [6.45, 7) is 3.30. The number of carbonyl (C=O) groups excluding carboxylic acids is 1. The molecule has 1 saturated heterocycles. The van der Waals surface area contributed by atoms with Crippen LogP contribution in [-0.2, 0) is 4.74 Å². The Bertz CT molecular complexity index is 475. The molecular weight excluding hydrogens is 287 g/mol. The van der Waals surface area contributed by atoms with Crippen molar-refractivity contribution in [2.75, 3.05) is 20.2 Å². The summed E-state index contributed by atoms with van der Waals surface area (Å²) in [5.74, 6) is -0.0887. The largest absolute Gasteiger partial charge is 0.377 e. The van der Waals surface area contributed by atoms with Crippen molar-refractivity contribution >= 4 is 29.1 Å². The molecular formula is C13H16Cl2N2O2. The minimum absolute atomic E-state index is 0.0887. The molecule has 1 aliphatic rings. The Hall–Kier alpha value is -0.840. The molecule has 2 heterocycles. The molecule has 1 amide bonds. The number of ether oxygens (including phenoxy) is 1. The Balaban J connectivity index is 2.19. The zero-order chi connectivity index (χ0) is 14.0. The van der Waals surface area contributed by atoms with E-state index in [-0.39, 0.29) is 21.8 Å². The number of rotatable bonds is 2. The molecule has 0 N–H and O–H groups in total. The lowest BCUT2D eigenvalue weighted by Crippen LogP contribution is -2.49. The normalized spacial score (nSPS) is 23.5. The van der Waals surface area contributed by atoms with Crippen LogP contribution in [0.4, 0.5) is 0 Å². The zero-order valence-electron chi connectivity index (χ0n) is 10.9. The lowest BCUT2D eigenvalue weighted by Gasteiger charge is -2.39. The van der Waals surface area contributed by atoms with E-state index in [0.29, 0.717) is 12.1 Å². The SMILES string of the molecule is COC1(C)CCCN(C(=O)c2cc(Cl)nc(Cl)c2)C1. The van der Waals surface area contributed by atoms with Crippen molar-refractivity contribution < 1.29 is 9.53 Å². The van der Waals surface area contributed by atoms with Gasteiger partial charge in [-0.1, -0.05) is 23.2 Å². The predicted octanol–water partition coefficient (Wildman–Crippen LogP) is 3.03. The average molecular weight is 303 g/mol. The van der Waals surface area contributed by atoms with E-state index < -0.39 is 0 Å². The molecule has 0 spiro atoms. The fraction of sp³-hybridized carbons (Fsp3) is 0.538. The highest BCUT2D eigenvalue weighted by molar-refractivity contribution is 6.33. The van der Waals surface area contributed by atoms with E-state index in [4.69, 9.17) is 27.9 Å². The van der Waals surface area contributed by atoms with Crippen LogP contribution in [0.1, 0.15) is 30.1 Å². The highest BCUT2D eigenvalue weighted by Crippen LogP contribution is 2.25. The Kier molecular flexibility index (Phi) is 4.33. The van der Waals surface area contributed by atoms with Gasteiger partial charge in [0.15, 0.2) is 0 Å². The van der Waals surface area contributed by atoms with Gasteiger partial charge in [0.05, 0.1) is 5.60 Å². The molecule has 0 aliphatic carbocycles. The van der Waals surface area contributed by atoms with Crippen molar-refractivity contribution in [3.05, 3.63) is 28.0 Å². The molecule has 1 aromatic rings. The number of hydrogen-bond donors (Lipinski definition) is 0. The van der Waals surface area contributed by atoms with E-state index in [2.05, 4.69) is 4.98 Å². The van der Waals surface area contributed by atoms with E-state index in [0.717, 1.165) is 19.4 Å². The smallest absolute Gasteiger partial charge is 0.254 e. The maximum Gasteiger partial charge on any atom is 0.254 e. The summed E-state index contributed by atoms with van der Waals surface area (Å²) < 4.78 is 5.48. The van der Waals surface area contributed by atoms with E-state index >= 15 is 0 Å². The van der Waals surface area contributed by atoms with Gasteiger partial charge in [0.25, 0.3) is 5.91 Å². The van der Waals surface area contributed by atoms with E-state index in [1.54, 1.807) is 12.0 Å². The molecule has 104 valence electrons. The molecule has 6 heteroatoms. The molecule has 0 radical (unpaired) electrons. The number of halogens is 2. The first-order valence-electron chi connectivity index (χ1n) is 6.11. The Morgan fingerprint density at radius 2 is 2.05 bits per heavy atom. The highest BCUT2D eigenvalue weighted by Gasteiger charge is 2.33. The van der Waals surface area contributed by atoms with Crippen LogP contribution < -0.4 is 0 Å². The minimum Gasteiger partial charge on any atom is -0.377 e. The van der Waals surface area contributed by atoms with Gasteiger partial charge in [-0.15, -0.1) is 0 Å². The number of likely N-dealkylation sites (tertiary alicyclic amines) is 1. The average Bonchev–Trinajstić information content (AvgIpc) is 2.37. The van der Waals surface area contributed by atoms with Crippen molar-refractivity contribution in [2.45, 2.75) is 25.4 Å². The number of pyridine rings is 1. The summed E-state index contributed by atoms with van der Waals surface area (Å²) in [6, 6.07) is 3.07. The van der Waals surface area contributed by atoms with Crippen LogP contribution in [0.5, 0.6) is 0 Å². The predicted molar refractivity (Wildman–Crippen MR) is 74.8 cm³/mol. The Morgan fingerprint density at radius 3 is 2.63 bits per heavy atom. The van der Waals surface area contributed by atoms with Crippen LogP contribution >= 0.6 is 23.2 Å². The zero-order valence-corrected chi connectivity index (χ0v) is 12.5. The van der Waals surface area contributed by atoms with Crippen molar-refractivity contribution in [2.24, 2.45) is 0 Å². The van der Waals surface area contributed by atoms with Crippen LogP contribution in [0.2, 0.25) is 10.3 Å². The topological polar surface area (TPSA) is 42.4 Å². The number of nitrogens with zero attached hydrogens (tertiary/aromatic N) is 2. The molecule has 2 rings (SSSR count). The van der Waals surface area contributed by atoms with E-state index in [9.17, 15) is 4.79 Å². The van der Waals surface area contributed by atoms with Gasteiger partial charge >= 0.3 is 0 Å². The van der Waals surface area contributed by atoms with Crippen molar-refractivity contribution in [3.8, 4) is 0 Å².